The van der Waals surface area contributed by atoms with Gasteiger partial charge in [-0.25, -0.2) is 14.8 Å². The minimum absolute atomic E-state index is 0.318. The van der Waals surface area contributed by atoms with Gasteiger partial charge in [0.25, 0.3) is 0 Å². The largest absolute Gasteiger partial charge is 0.458 e. The average Bonchev–Trinajstić information content (AvgIpc) is 2.24. The summed E-state index contributed by atoms with van der Waals surface area (Å²) in [5.74, 6) is 0.716. The third-order valence-corrected chi connectivity index (χ3v) is 3.34. The smallest absolute Gasteiger partial charge is 0.330 e. The monoisotopic (exact) mass is 252 g/mol. The summed E-state index contributed by atoms with van der Waals surface area (Å²) >= 11 is 0. The molecule has 0 aromatic heterocycles. The van der Waals surface area contributed by atoms with E-state index in [-0.39, 0.29) is 5.97 Å². The third-order valence-electron chi connectivity index (χ3n) is 2.14. The molecule has 3 heteroatoms. The summed E-state index contributed by atoms with van der Waals surface area (Å²) in [4.78, 5) is 11.0. The molecule has 0 unspecified atom stereocenters. The molecule has 0 radical (unpaired) electrons. The van der Waals surface area contributed by atoms with Crippen molar-refractivity contribution >= 4 is 16.0 Å². The van der Waals surface area contributed by atoms with Crippen LogP contribution >= 0.6 is 10.0 Å². The zero-order chi connectivity index (χ0) is 12.9. The summed E-state index contributed by atoms with van der Waals surface area (Å²) in [7, 11) is -0.554. The zero-order valence-electron chi connectivity index (χ0n) is 10.7. The zero-order valence-corrected chi connectivity index (χ0v) is 11.5. The van der Waals surface area contributed by atoms with Crippen molar-refractivity contribution in [1.82, 2.24) is 0 Å². The Morgan fingerprint density at radius 3 is 2.59 bits per heavy atom. The van der Waals surface area contributed by atoms with E-state index in [4.69, 9.17) is 4.74 Å². The number of hydrogen-bond donors (Lipinski definition) is 0. The van der Waals surface area contributed by atoms with E-state index in [0.29, 0.717) is 6.61 Å². The standard InChI is InChI=1S/C14H20O2S/c1-5-14(15)16-10-12-7-6-8-13(9-12)11-17(2,3)4/h5-9H,1,10-11H2,2-4H3. The van der Waals surface area contributed by atoms with Crippen molar-refractivity contribution in [1.29, 1.82) is 0 Å². The fraction of sp³-hybridized carbons (Fsp3) is 0.357. The molecule has 0 N–H and O–H groups in total. The van der Waals surface area contributed by atoms with E-state index in [1.807, 2.05) is 12.1 Å². The van der Waals surface area contributed by atoms with Crippen molar-refractivity contribution in [3.63, 3.8) is 0 Å². The number of rotatable bonds is 5. The molecule has 0 fully saturated rings. The van der Waals surface area contributed by atoms with Crippen LogP contribution in [0, 0.1) is 0 Å². The first-order valence-electron chi connectivity index (χ1n) is 5.44. The quantitative estimate of drug-likeness (QED) is 0.594. The van der Waals surface area contributed by atoms with Crippen LogP contribution in [0.4, 0.5) is 0 Å². The maximum absolute atomic E-state index is 11.0. The molecule has 94 valence electrons. The highest BCUT2D eigenvalue weighted by Gasteiger charge is 2.06. The van der Waals surface area contributed by atoms with Gasteiger partial charge in [-0.05, 0) is 29.9 Å². The topological polar surface area (TPSA) is 26.3 Å². The summed E-state index contributed by atoms with van der Waals surface area (Å²) in [5, 5.41) is 0. The molecule has 1 rings (SSSR count). The highest BCUT2D eigenvalue weighted by atomic mass is 32.3. The Hall–Kier alpha value is -1.22. The predicted octanol–water partition coefficient (Wildman–Crippen LogP) is 3.11. The number of hydrogen-bond acceptors (Lipinski definition) is 2. The Balaban J connectivity index is 2.66. The van der Waals surface area contributed by atoms with Gasteiger partial charge in [0.2, 0.25) is 0 Å². The normalized spacial score (nSPS) is 11.9. The van der Waals surface area contributed by atoms with Crippen LogP contribution in [0.2, 0.25) is 0 Å². The molecular weight excluding hydrogens is 232 g/mol. The highest BCUT2D eigenvalue weighted by Crippen LogP contribution is 2.38. The Bertz CT molecular complexity index is 405. The SMILES string of the molecule is C=CC(=O)OCc1cccc(CS(C)(C)C)c1. The first kappa shape index (κ1) is 13.8. The lowest BCUT2D eigenvalue weighted by molar-refractivity contribution is -0.138. The Morgan fingerprint density at radius 2 is 2.00 bits per heavy atom. The summed E-state index contributed by atoms with van der Waals surface area (Å²) < 4.78 is 5.01. The molecule has 0 saturated carbocycles. The van der Waals surface area contributed by atoms with Crippen LogP contribution in [0.15, 0.2) is 36.9 Å². The lowest BCUT2D eigenvalue weighted by atomic mass is 10.1. The van der Waals surface area contributed by atoms with E-state index in [9.17, 15) is 4.79 Å². The summed E-state index contributed by atoms with van der Waals surface area (Å²) in [6.45, 7) is 3.69. The molecule has 0 saturated heterocycles. The van der Waals surface area contributed by atoms with E-state index < -0.39 is 10.0 Å². The summed E-state index contributed by atoms with van der Waals surface area (Å²) in [6.07, 6.45) is 8.05. The second-order valence-electron chi connectivity index (χ2n) is 4.87. The number of carbonyl (C=O) groups excluding carboxylic acids is 1. The Labute approximate surface area is 105 Å². The van der Waals surface area contributed by atoms with Crippen molar-refractivity contribution in [2.24, 2.45) is 0 Å². The average molecular weight is 252 g/mol. The van der Waals surface area contributed by atoms with Gasteiger partial charge in [-0.15, -0.1) is 0 Å². The van der Waals surface area contributed by atoms with Gasteiger partial charge < -0.3 is 4.74 Å². The molecule has 0 aliphatic heterocycles. The summed E-state index contributed by atoms with van der Waals surface area (Å²) in [6, 6.07) is 8.21. The maximum Gasteiger partial charge on any atom is 0.330 e. The van der Waals surface area contributed by atoms with Crippen LogP contribution in [-0.4, -0.2) is 24.7 Å². The van der Waals surface area contributed by atoms with Gasteiger partial charge in [-0.3, -0.25) is 0 Å². The number of ether oxygens (including phenoxy) is 1. The molecule has 17 heavy (non-hydrogen) atoms. The van der Waals surface area contributed by atoms with Gasteiger partial charge in [-0.1, -0.05) is 30.8 Å². The predicted molar refractivity (Wildman–Crippen MR) is 75.5 cm³/mol. The third kappa shape index (κ3) is 5.59. The molecule has 0 aliphatic rings. The van der Waals surface area contributed by atoms with Crippen LogP contribution in [-0.2, 0) is 21.9 Å². The molecule has 0 aliphatic carbocycles. The van der Waals surface area contributed by atoms with Gasteiger partial charge in [-0.2, -0.15) is 0 Å². The van der Waals surface area contributed by atoms with E-state index in [1.54, 1.807) is 0 Å². The van der Waals surface area contributed by atoms with E-state index in [1.165, 1.54) is 11.6 Å². The minimum Gasteiger partial charge on any atom is -0.458 e. The molecule has 2 nitrogen and oxygen atoms in total. The fourth-order valence-corrected chi connectivity index (χ4v) is 2.70. The van der Waals surface area contributed by atoms with Crippen molar-refractivity contribution < 1.29 is 9.53 Å². The molecule has 1 aromatic carbocycles. The van der Waals surface area contributed by atoms with Crippen LogP contribution in [0.3, 0.4) is 0 Å². The van der Waals surface area contributed by atoms with Crippen LogP contribution in [0.1, 0.15) is 11.1 Å². The van der Waals surface area contributed by atoms with Gasteiger partial charge >= 0.3 is 5.97 Å². The molecule has 0 bridgehead atoms. The number of benzene rings is 1. The molecule has 1 aromatic rings. The van der Waals surface area contributed by atoms with E-state index >= 15 is 0 Å². The van der Waals surface area contributed by atoms with E-state index in [0.717, 1.165) is 11.3 Å². The first-order valence-corrected chi connectivity index (χ1v) is 8.46. The van der Waals surface area contributed by atoms with Crippen LogP contribution < -0.4 is 0 Å². The van der Waals surface area contributed by atoms with Crippen molar-refractivity contribution in [3.05, 3.63) is 48.0 Å². The van der Waals surface area contributed by atoms with Gasteiger partial charge in [0.15, 0.2) is 0 Å². The van der Waals surface area contributed by atoms with Gasteiger partial charge in [0.1, 0.15) is 6.61 Å². The minimum atomic E-state index is -0.554. The van der Waals surface area contributed by atoms with Crippen molar-refractivity contribution in [2.75, 3.05) is 18.8 Å². The first-order chi connectivity index (χ1) is 7.90. The lowest BCUT2D eigenvalue weighted by Gasteiger charge is -2.25. The van der Waals surface area contributed by atoms with Gasteiger partial charge in [0, 0.05) is 11.8 Å². The Morgan fingerprint density at radius 1 is 1.35 bits per heavy atom. The molecular formula is C14H20O2S. The van der Waals surface area contributed by atoms with E-state index in [2.05, 4.69) is 37.5 Å². The molecule has 0 atom stereocenters. The highest BCUT2D eigenvalue weighted by molar-refractivity contribution is 8.31. The van der Waals surface area contributed by atoms with Crippen LogP contribution in [0.5, 0.6) is 0 Å². The lowest BCUT2D eigenvalue weighted by Crippen LogP contribution is -2.01. The molecule has 0 spiro atoms. The van der Waals surface area contributed by atoms with Crippen molar-refractivity contribution in [2.45, 2.75) is 12.4 Å². The summed E-state index contributed by atoms with van der Waals surface area (Å²) in [5.41, 5.74) is 2.33. The number of carbonyl (C=O) groups is 1. The fourth-order valence-electron chi connectivity index (χ4n) is 1.52. The molecule has 0 amide bonds. The van der Waals surface area contributed by atoms with Crippen LogP contribution in [0.25, 0.3) is 0 Å². The Kier molecular flexibility index (Phi) is 4.82. The number of esters is 1. The maximum atomic E-state index is 11.0. The van der Waals surface area contributed by atoms with Crippen molar-refractivity contribution in [3.8, 4) is 0 Å². The molecule has 0 heterocycles. The second-order valence-corrected chi connectivity index (χ2v) is 9.34. The van der Waals surface area contributed by atoms with Gasteiger partial charge in [0.05, 0.1) is 0 Å². The second kappa shape index (κ2) is 5.92.